The van der Waals surface area contributed by atoms with Crippen LogP contribution in [-0.4, -0.2) is 50.0 Å². The zero-order valence-corrected chi connectivity index (χ0v) is 22.2. The Balaban J connectivity index is 2.41. The summed E-state index contributed by atoms with van der Waals surface area (Å²) in [5, 5.41) is 3.46. The Morgan fingerprint density at radius 3 is 2.09 bits per heavy atom. The van der Waals surface area contributed by atoms with E-state index in [9.17, 15) is 18.0 Å². The number of rotatable bonds is 10. The van der Waals surface area contributed by atoms with Crippen LogP contribution in [0.15, 0.2) is 42.5 Å². The van der Waals surface area contributed by atoms with Crippen LogP contribution in [0.4, 0.5) is 5.69 Å². The molecule has 0 unspecified atom stereocenters. The van der Waals surface area contributed by atoms with E-state index in [2.05, 4.69) is 5.32 Å². The van der Waals surface area contributed by atoms with Crippen molar-refractivity contribution in [3.8, 4) is 0 Å². The fraction of sp³-hybridized carbons (Fsp3) is 0.440. The average Bonchev–Trinajstić information content (AvgIpc) is 2.74. The number of nitrogens with one attached hydrogen (secondary N) is 1. The Bertz CT molecular complexity index is 1100. The van der Waals surface area contributed by atoms with Gasteiger partial charge in [0.1, 0.15) is 12.6 Å². The van der Waals surface area contributed by atoms with Crippen molar-refractivity contribution in [1.29, 1.82) is 0 Å². The lowest BCUT2D eigenvalue weighted by atomic mass is 10.1. The van der Waals surface area contributed by atoms with Crippen molar-refractivity contribution in [2.75, 3.05) is 17.1 Å². The van der Waals surface area contributed by atoms with Gasteiger partial charge in [-0.3, -0.25) is 13.9 Å². The lowest BCUT2D eigenvalue weighted by molar-refractivity contribution is -0.139. The van der Waals surface area contributed by atoms with E-state index < -0.39 is 28.5 Å². The maximum atomic E-state index is 13.5. The highest BCUT2D eigenvalue weighted by Crippen LogP contribution is 2.22. The van der Waals surface area contributed by atoms with Crippen molar-refractivity contribution < 1.29 is 18.0 Å². The van der Waals surface area contributed by atoms with Crippen LogP contribution in [0.25, 0.3) is 0 Å². The van der Waals surface area contributed by atoms with E-state index >= 15 is 0 Å². The third-order valence-electron chi connectivity index (χ3n) is 5.61. The summed E-state index contributed by atoms with van der Waals surface area (Å²) in [6.07, 6.45) is 1.82. The van der Waals surface area contributed by atoms with Crippen LogP contribution in [0, 0.1) is 13.8 Å². The van der Waals surface area contributed by atoms with Crippen LogP contribution in [0.3, 0.4) is 0 Å². The average molecular weight is 508 g/mol. The predicted octanol–water partition coefficient (Wildman–Crippen LogP) is 4.05. The molecule has 1 N–H and O–H groups in total. The van der Waals surface area contributed by atoms with Crippen molar-refractivity contribution >= 4 is 39.1 Å². The quantitative estimate of drug-likeness (QED) is 0.525. The molecule has 7 nitrogen and oxygen atoms in total. The second-order valence-corrected chi connectivity index (χ2v) is 11.1. The molecule has 0 aliphatic heterocycles. The highest BCUT2D eigenvalue weighted by molar-refractivity contribution is 7.92. The summed E-state index contributed by atoms with van der Waals surface area (Å²) in [6, 6.07) is 11.5. The van der Waals surface area contributed by atoms with Crippen LogP contribution in [0.2, 0.25) is 5.02 Å². The SMILES string of the molecule is CC[C@H](C)NC(=O)[C@H](C)N(Cc1ccc(Cl)cc1)C(=O)CN(c1cc(C)cc(C)c1)S(C)(=O)=O. The predicted molar refractivity (Wildman–Crippen MR) is 137 cm³/mol. The fourth-order valence-corrected chi connectivity index (χ4v) is 4.50. The van der Waals surface area contributed by atoms with E-state index in [0.29, 0.717) is 10.7 Å². The van der Waals surface area contributed by atoms with E-state index in [4.69, 9.17) is 11.6 Å². The molecule has 0 heterocycles. The number of benzene rings is 2. The Kier molecular flexibility index (Phi) is 9.53. The molecule has 0 spiro atoms. The minimum Gasteiger partial charge on any atom is -0.352 e. The number of aryl methyl sites for hydroxylation is 2. The number of halogens is 1. The van der Waals surface area contributed by atoms with Gasteiger partial charge in [-0.2, -0.15) is 0 Å². The van der Waals surface area contributed by atoms with E-state index in [-0.39, 0.29) is 18.5 Å². The third-order valence-corrected chi connectivity index (χ3v) is 7.00. The molecule has 34 heavy (non-hydrogen) atoms. The van der Waals surface area contributed by atoms with Crippen LogP contribution >= 0.6 is 11.6 Å². The number of carbonyl (C=O) groups excluding carboxylic acids is 2. The lowest BCUT2D eigenvalue weighted by Gasteiger charge is -2.32. The maximum absolute atomic E-state index is 13.5. The van der Waals surface area contributed by atoms with Gasteiger partial charge in [0, 0.05) is 17.6 Å². The second kappa shape index (κ2) is 11.7. The zero-order valence-electron chi connectivity index (χ0n) is 20.6. The summed E-state index contributed by atoms with van der Waals surface area (Å²) in [5.74, 6) is -0.777. The van der Waals surface area contributed by atoms with Gasteiger partial charge in [0.05, 0.1) is 11.9 Å². The Hall–Kier alpha value is -2.58. The number of hydrogen-bond donors (Lipinski definition) is 1. The first kappa shape index (κ1) is 27.7. The molecule has 0 fully saturated rings. The smallest absolute Gasteiger partial charge is 0.244 e. The number of sulfonamides is 1. The van der Waals surface area contributed by atoms with Gasteiger partial charge in [-0.15, -0.1) is 0 Å². The van der Waals surface area contributed by atoms with Crippen molar-refractivity contribution in [2.24, 2.45) is 0 Å². The summed E-state index contributed by atoms with van der Waals surface area (Å²) < 4.78 is 26.4. The van der Waals surface area contributed by atoms with Crippen molar-refractivity contribution in [1.82, 2.24) is 10.2 Å². The molecule has 0 saturated heterocycles. The molecule has 2 aromatic carbocycles. The minimum absolute atomic E-state index is 0.0507. The van der Waals surface area contributed by atoms with Gasteiger partial charge in [0.2, 0.25) is 21.8 Å². The van der Waals surface area contributed by atoms with Crippen LogP contribution < -0.4 is 9.62 Å². The number of carbonyl (C=O) groups is 2. The first-order chi connectivity index (χ1) is 15.8. The lowest BCUT2D eigenvalue weighted by Crippen LogP contribution is -2.52. The number of nitrogens with zero attached hydrogens (tertiary/aromatic N) is 2. The summed E-state index contributed by atoms with van der Waals surface area (Å²) in [4.78, 5) is 27.8. The van der Waals surface area contributed by atoms with Gasteiger partial charge in [0.25, 0.3) is 0 Å². The molecule has 0 aliphatic rings. The summed E-state index contributed by atoms with van der Waals surface area (Å²) >= 11 is 5.99. The normalized spacial score (nSPS) is 13.1. The van der Waals surface area contributed by atoms with Gasteiger partial charge in [-0.25, -0.2) is 8.42 Å². The Labute approximate surface area is 208 Å². The number of hydrogen-bond acceptors (Lipinski definition) is 4. The van der Waals surface area contributed by atoms with Gasteiger partial charge in [0.15, 0.2) is 0 Å². The number of amides is 2. The second-order valence-electron chi connectivity index (χ2n) is 8.76. The van der Waals surface area contributed by atoms with Gasteiger partial charge in [-0.05, 0) is 75.1 Å². The molecule has 186 valence electrons. The molecule has 0 saturated carbocycles. The fourth-order valence-electron chi connectivity index (χ4n) is 3.54. The van der Waals surface area contributed by atoms with Gasteiger partial charge >= 0.3 is 0 Å². The first-order valence-corrected chi connectivity index (χ1v) is 13.4. The maximum Gasteiger partial charge on any atom is 0.244 e. The molecular weight excluding hydrogens is 474 g/mol. The van der Waals surface area contributed by atoms with Gasteiger partial charge < -0.3 is 10.2 Å². The first-order valence-electron chi connectivity index (χ1n) is 11.2. The molecule has 0 radical (unpaired) electrons. The molecule has 2 rings (SSSR count). The Morgan fingerprint density at radius 1 is 1.03 bits per heavy atom. The Morgan fingerprint density at radius 2 is 1.59 bits per heavy atom. The zero-order chi connectivity index (χ0) is 25.6. The summed E-state index contributed by atoms with van der Waals surface area (Å²) in [5.41, 5.74) is 2.96. The van der Waals surface area contributed by atoms with Crippen molar-refractivity contribution in [3.63, 3.8) is 0 Å². The minimum atomic E-state index is -3.76. The standard InChI is InChI=1S/C25H34ClN3O4S/c1-7-19(4)27-25(31)20(5)28(15-21-8-10-22(26)11-9-21)24(30)16-29(34(6,32)33)23-13-17(2)12-18(3)14-23/h8-14,19-20H,7,15-16H2,1-6H3,(H,27,31)/t19-,20-/m0/s1. The van der Waals surface area contributed by atoms with E-state index in [1.165, 1.54) is 4.90 Å². The molecule has 0 bridgehead atoms. The van der Waals surface area contributed by atoms with Crippen LogP contribution in [0.1, 0.15) is 43.9 Å². The molecule has 0 aliphatic carbocycles. The van der Waals surface area contributed by atoms with E-state index in [0.717, 1.165) is 33.7 Å². The molecule has 2 amide bonds. The van der Waals surface area contributed by atoms with Crippen molar-refractivity contribution in [2.45, 2.75) is 59.7 Å². The van der Waals surface area contributed by atoms with Gasteiger partial charge in [-0.1, -0.05) is 36.7 Å². The van der Waals surface area contributed by atoms with E-state index in [1.54, 1.807) is 43.3 Å². The molecular formula is C25H34ClN3O4S. The highest BCUT2D eigenvalue weighted by atomic mass is 35.5. The van der Waals surface area contributed by atoms with Crippen molar-refractivity contribution in [3.05, 3.63) is 64.2 Å². The molecule has 0 aromatic heterocycles. The van der Waals surface area contributed by atoms with Crippen LogP contribution in [-0.2, 0) is 26.2 Å². The molecule has 2 aromatic rings. The monoisotopic (exact) mass is 507 g/mol. The number of anilines is 1. The third kappa shape index (κ3) is 7.74. The summed E-state index contributed by atoms with van der Waals surface area (Å²) in [7, 11) is -3.76. The molecule has 2 atom stereocenters. The topological polar surface area (TPSA) is 86.8 Å². The largest absolute Gasteiger partial charge is 0.352 e. The molecule has 9 heteroatoms. The van der Waals surface area contributed by atoms with E-state index in [1.807, 2.05) is 33.8 Å². The highest BCUT2D eigenvalue weighted by Gasteiger charge is 2.30. The summed E-state index contributed by atoms with van der Waals surface area (Å²) in [6.45, 7) is 8.94. The van der Waals surface area contributed by atoms with Crippen LogP contribution in [0.5, 0.6) is 0 Å².